The SMILES string of the molecule is CCCCC1CCN(CCCn2cc(C(C)=O)c3cccc(OC)c32)CC1. The predicted octanol–water partition coefficient (Wildman–Crippen LogP) is 5.14. The number of Topliss-reactive ketones (excluding diaryl/α,β-unsaturated/α-hetero) is 1. The van der Waals surface area contributed by atoms with Gasteiger partial charge in [0, 0.05) is 23.7 Å². The van der Waals surface area contributed by atoms with E-state index in [4.69, 9.17) is 4.74 Å². The lowest BCUT2D eigenvalue weighted by molar-refractivity contribution is 0.101. The van der Waals surface area contributed by atoms with Crippen LogP contribution in [0.1, 0.15) is 62.7 Å². The van der Waals surface area contributed by atoms with Crippen molar-refractivity contribution in [1.29, 1.82) is 0 Å². The van der Waals surface area contributed by atoms with E-state index in [9.17, 15) is 4.79 Å². The predicted molar refractivity (Wildman–Crippen MR) is 112 cm³/mol. The van der Waals surface area contributed by atoms with Crippen molar-refractivity contribution in [2.45, 2.75) is 58.9 Å². The summed E-state index contributed by atoms with van der Waals surface area (Å²) in [6.07, 6.45) is 9.92. The number of carbonyl (C=O) groups is 1. The smallest absolute Gasteiger partial charge is 0.161 e. The average Bonchev–Trinajstić information content (AvgIpc) is 3.06. The van der Waals surface area contributed by atoms with Gasteiger partial charge in [0.05, 0.1) is 12.6 Å². The number of unbranched alkanes of at least 4 members (excludes halogenated alkanes) is 1. The van der Waals surface area contributed by atoms with Crippen molar-refractivity contribution in [2.24, 2.45) is 5.92 Å². The summed E-state index contributed by atoms with van der Waals surface area (Å²) in [7, 11) is 1.70. The lowest BCUT2D eigenvalue weighted by Gasteiger charge is -2.32. The number of carbonyl (C=O) groups excluding carboxylic acids is 1. The first-order chi connectivity index (χ1) is 13.1. The molecule has 2 heterocycles. The van der Waals surface area contributed by atoms with Gasteiger partial charge < -0.3 is 14.2 Å². The summed E-state index contributed by atoms with van der Waals surface area (Å²) in [4.78, 5) is 14.6. The van der Waals surface area contributed by atoms with Crippen LogP contribution >= 0.6 is 0 Å². The molecule has 1 aromatic heterocycles. The first-order valence-electron chi connectivity index (χ1n) is 10.5. The van der Waals surface area contributed by atoms with Gasteiger partial charge in [-0.25, -0.2) is 0 Å². The van der Waals surface area contributed by atoms with Crippen LogP contribution in [0.5, 0.6) is 5.75 Å². The summed E-state index contributed by atoms with van der Waals surface area (Å²) in [6, 6.07) is 5.95. The number of nitrogens with zero attached hydrogens (tertiary/aromatic N) is 2. The van der Waals surface area contributed by atoms with E-state index in [0.717, 1.165) is 47.6 Å². The molecular weight excluding hydrogens is 336 g/mol. The molecule has 1 fully saturated rings. The fourth-order valence-corrected chi connectivity index (χ4v) is 4.40. The van der Waals surface area contributed by atoms with Crippen LogP contribution in [0.25, 0.3) is 10.9 Å². The standard InChI is InChI=1S/C23H34N2O2/c1-4-5-8-19-11-15-24(16-12-19)13-7-14-25-17-21(18(2)26)20-9-6-10-22(27-3)23(20)25/h6,9-10,17,19H,4-5,7-8,11-16H2,1-3H3. The van der Waals surface area contributed by atoms with E-state index in [1.165, 1.54) is 45.2 Å². The summed E-state index contributed by atoms with van der Waals surface area (Å²) >= 11 is 0. The molecular formula is C23H34N2O2. The van der Waals surface area contributed by atoms with Crippen LogP contribution in [-0.2, 0) is 6.54 Å². The number of benzene rings is 1. The maximum atomic E-state index is 12.0. The molecule has 1 aliphatic rings. The molecule has 3 rings (SSSR count). The number of ketones is 1. The maximum absolute atomic E-state index is 12.0. The monoisotopic (exact) mass is 370 g/mol. The zero-order valence-electron chi connectivity index (χ0n) is 17.2. The summed E-state index contributed by atoms with van der Waals surface area (Å²) in [5, 5.41) is 0.999. The van der Waals surface area contributed by atoms with E-state index in [1.54, 1.807) is 14.0 Å². The van der Waals surface area contributed by atoms with Crippen LogP contribution < -0.4 is 4.74 Å². The largest absolute Gasteiger partial charge is 0.495 e. The number of aryl methyl sites for hydroxylation is 1. The minimum atomic E-state index is 0.112. The lowest BCUT2D eigenvalue weighted by atomic mass is 9.91. The lowest BCUT2D eigenvalue weighted by Crippen LogP contribution is -2.34. The Bertz CT molecular complexity index is 757. The molecule has 0 radical (unpaired) electrons. The van der Waals surface area contributed by atoms with Crippen molar-refractivity contribution >= 4 is 16.7 Å². The van der Waals surface area contributed by atoms with Gasteiger partial charge in [-0.2, -0.15) is 0 Å². The Balaban J connectivity index is 1.60. The number of aromatic nitrogens is 1. The topological polar surface area (TPSA) is 34.5 Å². The Labute approximate surface area is 163 Å². The van der Waals surface area contributed by atoms with Crippen molar-refractivity contribution in [1.82, 2.24) is 9.47 Å². The van der Waals surface area contributed by atoms with Gasteiger partial charge in [-0.15, -0.1) is 0 Å². The molecule has 148 valence electrons. The highest BCUT2D eigenvalue weighted by atomic mass is 16.5. The van der Waals surface area contributed by atoms with E-state index in [0.29, 0.717) is 0 Å². The molecule has 0 spiro atoms. The van der Waals surface area contributed by atoms with Crippen LogP contribution in [0, 0.1) is 5.92 Å². The van der Waals surface area contributed by atoms with Gasteiger partial charge in [-0.05, 0) is 57.8 Å². The van der Waals surface area contributed by atoms with Crippen LogP contribution in [0.4, 0.5) is 0 Å². The van der Waals surface area contributed by atoms with Crippen molar-refractivity contribution in [2.75, 3.05) is 26.7 Å². The van der Waals surface area contributed by atoms with Gasteiger partial charge in [0.2, 0.25) is 0 Å². The van der Waals surface area contributed by atoms with Crippen LogP contribution in [0.2, 0.25) is 0 Å². The van der Waals surface area contributed by atoms with Gasteiger partial charge in [0.15, 0.2) is 5.78 Å². The van der Waals surface area contributed by atoms with Gasteiger partial charge in [-0.3, -0.25) is 4.79 Å². The van der Waals surface area contributed by atoms with E-state index in [1.807, 2.05) is 24.4 Å². The van der Waals surface area contributed by atoms with E-state index < -0.39 is 0 Å². The van der Waals surface area contributed by atoms with E-state index >= 15 is 0 Å². The number of rotatable bonds is 9. The molecule has 2 aromatic rings. The number of ether oxygens (including phenoxy) is 1. The van der Waals surface area contributed by atoms with Gasteiger partial charge in [0.25, 0.3) is 0 Å². The molecule has 0 amide bonds. The highest BCUT2D eigenvalue weighted by Crippen LogP contribution is 2.30. The molecule has 0 saturated carbocycles. The minimum Gasteiger partial charge on any atom is -0.495 e. The third-order valence-corrected chi connectivity index (χ3v) is 6.01. The van der Waals surface area contributed by atoms with Crippen molar-refractivity contribution < 1.29 is 9.53 Å². The fraction of sp³-hybridized carbons (Fsp3) is 0.609. The Kier molecular flexibility index (Phi) is 6.95. The van der Waals surface area contributed by atoms with E-state index in [-0.39, 0.29) is 5.78 Å². The Morgan fingerprint density at radius 2 is 1.96 bits per heavy atom. The molecule has 0 N–H and O–H groups in total. The highest BCUT2D eigenvalue weighted by Gasteiger charge is 2.19. The first kappa shape index (κ1) is 19.9. The third kappa shape index (κ3) is 4.73. The molecule has 0 atom stereocenters. The number of fused-ring (bicyclic) bond motifs is 1. The average molecular weight is 371 g/mol. The van der Waals surface area contributed by atoms with Crippen molar-refractivity contribution in [3.63, 3.8) is 0 Å². The van der Waals surface area contributed by atoms with Gasteiger partial charge in [0.1, 0.15) is 5.75 Å². The second kappa shape index (κ2) is 9.41. The zero-order valence-corrected chi connectivity index (χ0v) is 17.2. The number of para-hydroxylation sites is 1. The molecule has 1 aliphatic heterocycles. The molecule has 27 heavy (non-hydrogen) atoms. The second-order valence-corrected chi connectivity index (χ2v) is 7.93. The molecule has 4 heteroatoms. The third-order valence-electron chi connectivity index (χ3n) is 6.01. The van der Waals surface area contributed by atoms with Crippen LogP contribution in [0.15, 0.2) is 24.4 Å². The van der Waals surface area contributed by atoms with Crippen LogP contribution in [-0.4, -0.2) is 42.0 Å². The quantitative estimate of drug-likeness (QED) is 0.573. The Morgan fingerprint density at radius 1 is 1.19 bits per heavy atom. The van der Waals surface area contributed by atoms with E-state index in [2.05, 4.69) is 16.4 Å². The van der Waals surface area contributed by atoms with Crippen LogP contribution in [0.3, 0.4) is 0 Å². The molecule has 4 nitrogen and oxygen atoms in total. The normalized spacial score (nSPS) is 16.1. The molecule has 1 saturated heterocycles. The maximum Gasteiger partial charge on any atom is 0.161 e. The van der Waals surface area contributed by atoms with Crippen molar-refractivity contribution in [3.8, 4) is 5.75 Å². The van der Waals surface area contributed by atoms with Crippen molar-refractivity contribution in [3.05, 3.63) is 30.0 Å². The van der Waals surface area contributed by atoms with Gasteiger partial charge >= 0.3 is 0 Å². The number of hydrogen-bond donors (Lipinski definition) is 0. The summed E-state index contributed by atoms with van der Waals surface area (Å²) < 4.78 is 7.77. The molecule has 0 unspecified atom stereocenters. The number of likely N-dealkylation sites (tertiary alicyclic amines) is 1. The summed E-state index contributed by atoms with van der Waals surface area (Å²) in [5.74, 6) is 1.90. The number of hydrogen-bond acceptors (Lipinski definition) is 3. The fourth-order valence-electron chi connectivity index (χ4n) is 4.40. The summed E-state index contributed by atoms with van der Waals surface area (Å²) in [5.41, 5.74) is 1.84. The molecule has 0 bridgehead atoms. The molecule has 0 aliphatic carbocycles. The number of methoxy groups -OCH3 is 1. The first-order valence-corrected chi connectivity index (χ1v) is 10.5. The summed E-state index contributed by atoms with van der Waals surface area (Å²) in [6.45, 7) is 8.45. The zero-order chi connectivity index (χ0) is 19.2. The number of piperidine rings is 1. The highest BCUT2D eigenvalue weighted by molar-refractivity contribution is 6.08. The Hall–Kier alpha value is -1.81. The Morgan fingerprint density at radius 3 is 2.63 bits per heavy atom. The molecule has 1 aromatic carbocycles. The minimum absolute atomic E-state index is 0.112. The second-order valence-electron chi connectivity index (χ2n) is 7.93. The van der Waals surface area contributed by atoms with Gasteiger partial charge in [-0.1, -0.05) is 38.3 Å².